The maximum absolute atomic E-state index is 13.3. The highest BCUT2D eigenvalue weighted by atomic mass is 19.1. The second-order valence-electron chi connectivity index (χ2n) is 9.78. The van der Waals surface area contributed by atoms with Crippen LogP contribution in [0.2, 0.25) is 0 Å². The molecule has 0 unspecified atom stereocenters. The van der Waals surface area contributed by atoms with E-state index in [1.165, 1.54) is 12.1 Å². The van der Waals surface area contributed by atoms with Crippen molar-refractivity contribution in [2.45, 2.75) is 26.8 Å². The van der Waals surface area contributed by atoms with E-state index in [0.29, 0.717) is 19.1 Å². The van der Waals surface area contributed by atoms with Crippen LogP contribution in [-0.2, 0) is 9.53 Å². The Morgan fingerprint density at radius 1 is 0.946 bits per heavy atom. The second kappa shape index (κ2) is 10.9. The molecular formula is C26H35FN8O2. The largest absolute Gasteiger partial charge is 0.465 e. The van der Waals surface area contributed by atoms with Gasteiger partial charge in [0.1, 0.15) is 5.82 Å². The van der Waals surface area contributed by atoms with Gasteiger partial charge >= 0.3 is 5.97 Å². The molecular weight excluding hydrogens is 475 g/mol. The van der Waals surface area contributed by atoms with Crippen LogP contribution in [0.25, 0.3) is 11.2 Å². The average Bonchev–Trinajstić information content (AvgIpc) is 3.34. The van der Waals surface area contributed by atoms with Gasteiger partial charge in [-0.05, 0) is 45.0 Å². The van der Waals surface area contributed by atoms with Gasteiger partial charge in [-0.1, -0.05) is 0 Å². The molecule has 2 aromatic heterocycles. The van der Waals surface area contributed by atoms with Gasteiger partial charge in [0.2, 0.25) is 5.95 Å². The molecule has 0 radical (unpaired) electrons. The van der Waals surface area contributed by atoms with Crippen LogP contribution in [0.1, 0.15) is 26.8 Å². The molecule has 3 aromatic rings. The van der Waals surface area contributed by atoms with Gasteiger partial charge < -0.3 is 24.0 Å². The number of hydrogen-bond acceptors (Lipinski definition) is 9. The highest BCUT2D eigenvalue weighted by molar-refractivity contribution is 5.85. The van der Waals surface area contributed by atoms with E-state index in [4.69, 9.17) is 19.7 Å². The predicted octanol–water partition coefficient (Wildman–Crippen LogP) is 2.56. The number of carbonyl (C=O) groups is 1. The molecule has 10 nitrogen and oxygen atoms in total. The first-order valence-corrected chi connectivity index (χ1v) is 13.1. The zero-order valence-corrected chi connectivity index (χ0v) is 21.8. The van der Waals surface area contributed by atoms with E-state index >= 15 is 0 Å². The molecule has 2 aliphatic rings. The van der Waals surface area contributed by atoms with Gasteiger partial charge in [-0.25, -0.2) is 9.37 Å². The summed E-state index contributed by atoms with van der Waals surface area (Å²) in [5.74, 6) is 1.15. The van der Waals surface area contributed by atoms with Crippen molar-refractivity contribution >= 4 is 34.6 Å². The SMILES string of the molecule is CCOC(=O)CN1CCN(c2nc(N3CCN(c4ccc(F)cc4)CC3)nc3c2ncn3C(C)C)CC1. The van der Waals surface area contributed by atoms with E-state index < -0.39 is 0 Å². The van der Waals surface area contributed by atoms with Crippen molar-refractivity contribution in [1.82, 2.24) is 24.4 Å². The zero-order valence-electron chi connectivity index (χ0n) is 21.8. The number of fused-ring (bicyclic) bond motifs is 1. The third-order valence-corrected chi connectivity index (χ3v) is 7.03. The molecule has 0 saturated carbocycles. The van der Waals surface area contributed by atoms with Crippen molar-refractivity contribution in [1.29, 1.82) is 0 Å². The van der Waals surface area contributed by atoms with Crippen molar-refractivity contribution in [3.63, 3.8) is 0 Å². The molecule has 0 amide bonds. The average molecular weight is 511 g/mol. The highest BCUT2D eigenvalue weighted by Crippen LogP contribution is 2.29. The molecule has 0 atom stereocenters. The number of halogens is 1. The Morgan fingerprint density at radius 2 is 1.59 bits per heavy atom. The van der Waals surface area contributed by atoms with Gasteiger partial charge in [0.15, 0.2) is 17.0 Å². The maximum Gasteiger partial charge on any atom is 0.320 e. The van der Waals surface area contributed by atoms with Gasteiger partial charge in [0, 0.05) is 64.1 Å². The minimum Gasteiger partial charge on any atom is -0.465 e. The van der Waals surface area contributed by atoms with Crippen LogP contribution in [-0.4, -0.2) is 95.9 Å². The van der Waals surface area contributed by atoms with Crippen molar-refractivity contribution in [2.24, 2.45) is 0 Å². The molecule has 11 heteroatoms. The third-order valence-electron chi connectivity index (χ3n) is 7.03. The Hall–Kier alpha value is -3.47. The number of piperazine rings is 2. The van der Waals surface area contributed by atoms with Gasteiger partial charge in [-0.3, -0.25) is 9.69 Å². The quantitative estimate of drug-likeness (QED) is 0.446. The Kier molecular flexibility index (Phi) is 7.40. The fraction of sp³-hybridized carbons (Fsp3) is 0.538. The van der Waals surface area contributed by atoms with Crippen molar-refractivity contribution < 1.29 is 13.9 Å². The fourth-order valence-electron chi connectivity index (χ4n) is 4.95. The number of ether oxygens (including phenoxy) is 1. The number of imidazole rings is 1. The molecule has 0 spiro atoms. The van der Waals surface area contributed by atoms with Gasteiger partial charge in [-0.15, -0.1) is 0 Å². The van der Waals surface area contributed by atoms with Crippen LogP contribution in [0.5, 0.6) is 0 Å². The van der Waals surface area contributed by atoms with Crippen LogP contribution >= 0.6 is 0 Å². The number of carbonyl (C=O) groups excluding carboxylic acids is 1. The summed E-state index contributed by atoms with van der Waals surface area (Å²) in [5.41, 5.74) is 2.67. The first-order chi connectivity index (χ1) is 17.9. The first-order valence-electron chi connectivity index (χ1n) is 13.1. The third kappa shape index (κ3) is 5.46. The Morgan fingerprint density at radius 3 is 2.24 bits per heavy atom. The molecule has 5 rings (SSSR count). The predicted molar refractivity (Wildman–Crippen MR) is 142 cm³/mol. The molecule has 1 aromatic carbocycles. The smallest absolute Gasteiger partial charge is 0.320 e. The van der Waals surface area contributed by atoms with E-state index in [9.17, 15) is 9.18 Å². The van der Waals surface area contributed by atoms with Crippen molar-refractivity contribution in [3.05, 3.63) is 36.4 Å². The number of rotatable bonds is 7. The summed E-state index contributed by atoms with van der Waals surface area (Å²) in [6, 6.07) is 6.88. The summed E-state index contributed by atoms with van der Waals surface area (Å²) in [7, 11) is 0. The summed E-state index contributed by atoms with van der Waals surface area (Å²) in [5, 5.41) is 0. The van der Waals surface area contributed by atoms with Crippen LogP contribution in [0, 0.1) is 5.82 Å². The molecule has 0 N–H and O–H groups in total. The molecule has 2 saturated heterocycles. The summed E-state index contributed by atoms with van der Waals surface area (Å²) < 4.78 is 20.6. The fourth-order valence-corrected chi connectivity index (χ4v) is 4.95. The lowest BCUT2D eigenvalue weighted by Crippen LogP contribution is -2.49. The lowest BCUT2D eigenvalue weighted by molar-refractivity contribution is -0.144. The van der Waals surface area contributed by atoms with E-state index in [2.05, 4.69) is 38.0 Å². The van der Waals surface area contributed by atoms with Crippen molar-refractivity contribution in [3.8, 4) is 0 Å². The summed E-state index contributed by atoms with van der Waals surface area (Å²) in [6.45, 7) is 12.9. The van der Waals surface area contributed by atoms with Crippen LogP contribution in [0.3, 0.4) is 0 Å². The molecule has 2 aliphatic heterocycles. The lowest BCUT2D eigenvalue weighted by Gasteiger charge is -2.37. The number of anilines is 3. The molecule has 198 valence electrons. The van der Waals surface area contributed by atoms with Crippen LogP contribution < -0.4 is 14.7 Å². The van der Waals surface area contributed by atoms with Crippen LogP contribution in [0.4, 0.5) is 21.8 Å². The van der Waals surface area contributed by atoms with Gasteiger partial charge in [-0.2, -0.15) is 9.97 Å². The normalized spacial score (nSPS) is 17.2. The lowest BCUT2D eigenvalue weighted by atomic mass is 10.2. The summed E-state index contributed by atoms with van der Waals surface area (Å²) in [6.07, 6.45) is 1.85. The van der Waals surface area contributed by atoms with Crippen LogP contribution in [0.15, 0.2) is 30.6 Å². The molecule has 4 heterocycles. The summed E-state index contributed by atoms with van der Waals surface area (Å²) in [4.78, 5) is 35.5. The van der Waals surface area contributed by atoms with Crippen molar-refractivity contribution in [2.75, 3.05) is 80.2 Å². The van der Waals surface area contributed by atoms with E-state index in [1.54, 1.807) is 0 Å². The van der Waals surface area contributed by atoms with Gasteiger partial charge in [0.05, 0.1) is 19.5 Å². The Labute approximate surface area is 216 Å². The number of nitrogens with zero attached hydrogens (tertiary/aromatic N) is 8. The van der Waals surface area contributed by atoms with E-state index in [1.807, 2.05) is 25.4 Å². The van der Waals surface area contributed by atoms with E-state index in [-0.39, 0.29) is 17.8 Å². The number of esters is 1. The first kappa shape index (κ1) is 25.2. The molecule has 37 heavy (non-hydrogen) atoms. The molecule has 0 bridgehead atoms. The number of aromatic nitrogens is 4. The minimum atomic E-state index is -0.222. The monoisotopic (exact) mass is 510 g/mol. The molecule has 2 fully saturated rings. The van der Waals surface area contributed by atoms with Gasteiger partial charge in [0.25, 0.3) is 0 Å². The Balaban J connectivity index is 1.35. The minimum absolute atomic E-state index is 0.182. The molecule has 0 aliphatic carbocycles. The zero-order chi connectivity index (χ0) is 25.9. The summed E-state index contributed by atoms with van der Waals surface area (Å²) >= 11 is 0. The second-order valence-corrected chi connectivity index (χ2v) is 9.78. The standard InChI is InChI=1S/C26H35FN8O2/c1-4-37-22(36)17-31-9-11-33(12-10-31)24-23-25(35(18-28-23)19(2)3)30-26(29-24)34-15-13-32(14-16-34)21-7-5-20(27)6-8-21/h5-8,18-19H,4,9-17H2,1-3H3. The maximum atomic E-state index is 13.3. The topological polar surface area (TPSA) is 82.9 Å². The number of benzene rings is 1. The van der Waals surface area contributed by atoms with E-state index in [0.717, 1.165) is 75.0 Å². The Bertz CT molecular complexity index is 1220. The number of hydrogen-bond donors (Lipinski definition) is 0. The highest BCUT2D eigenvalue weighted by Gasteiger charge is 2.27.